The van der Waals surface area contributed by atoms with Crippen molar-refractivity contribution in [3.05, 3.63) is 52.8 Å². The Morgan fingerprint density at radius 2 is 2.00 bits per heavy atom. The zero-order chi connectivity index (χ0) is 17.1. The molecule has 1 aromatic heterocycles. The second kappa shape index (κ2) is 7.18. The van der Waals surface area contributed by atoms with Gasteiger partial charge in [-0.05, 0) is 62.3 Å². The fourth-order valence-corrected chi connectivity index (χ4v) is 3.23. The summed E-state index contributed by atoms with van der Waals surface area (Å²) in [5, 5.41) is 16.7. The van der Waals surface area contributed by atoms with Crippen molar-refractivity contribution in [1.82, 2.24) is 15.1 Å². The van der Waals surface area contributed by atoms with Crippen molar-refractivity contribution in [2.24, 2.45) is 0 Å². The van der Waals surface area contributed by atoms with E-state index < -0.39 is 6.10 Å². The third-order valence-corrected chi connectivity index (χ3v) is 4.64. The molecule has 0 saturated heterocycles. The first kappa shape index (κ1) is 16.7. The van der Waals surface area contributed by atoms with Crippen LogP contribution < -0.4 is 5.32 Å². The van der Waals surface area contributed by atoms with E-state index in [0.29, 0.717) is 5.69 Å². The van der Waals surface area contributed by atoms with Gasteiger partial charge in [-0.3, -0.25) is 9.48 Å². The molecule has 1 aromatic carbocycles. The average molecular weight is 327 g/mol. The first-order valence-electron chi connectivity index (χ1n) is 8.65. The second-order valence-corrected chi connectivity index (χ2v) is 6.64. The molecule has 24 heavy (non-hydrogen) atoms. The summed E-state index contributed by atoms with van der Waals surface area (Å²) in [7, 11) is 0. The van der Waals surface area contributed by atoms with E-state index in [9.17, 15) is 9.90 Å². The van der Waals surface area contributed by atoms with Crippen molar-refractivity contribution in [2.75, 3.05) is 0 Å². The summed E-state index contributed by atoms with van der Waals surface area (Å²) >= 11 is 0. The maximum Gasteiger partial charge on any atom is 0.242 e. The summed E-state index contributed by atoms with van der Waals surface area (Å²) in [6, 6.07) is 8.25. The molecule has 2 aromatic rings. The molecule has 0 saturated carbocycles. The highest BCUT2D eigenvalue weighted by Crippen LogP contribution is 2.24. The number of rotatable bonds is 5. The number of carbonyl (C=O) groups excluding carboxylic acids is 1. The fourth-order valence-electron chi connectivity index (χ4n) is 3.23. The van der Waals surface area contributed by atoms with E-state index >= 15 is 0 Å². The van der Waals surface area contributed by atoms with Crippen molar-refractivity contribution < 1.29 is 9.90 Å². The third kappa shape index (κ3) is 3.85. The van der Waals surface area contributed by atoms with E-state index in [1.165, 1.54) is 30.4 Å². The molecule has 5 nitrogen and oxygen atoms in total. The molecule has 2 N–H and O–H groups in total. The van der Waals surface area contributed by atoms with Gasteiger partial charge in [0.15, 0.2) is 0 Å². The number of aliphatic hydroxyl groups is 1. The van der Waals surface area contributed by atoms with Gasteiger partial charge in [0.2, 0.25) is 5.91 Å². The van der Waals surface area contributed by atoms with Gasteiger partial charge < -0.3 is 10.4 Å². The number of fused-ring (bicyclic) bond motifs is 1. The van der Waals surface area contributed by atoms with Crippen molar-refractivity contribution in [1.29, 1.82) is 0 Å². The molecular weight excluding hydrogens is 302 g/mol. The van der Waals surface area contributed by atoms with Gasteiger partial charge in [-0.15, -0.1) is 0 Å². The monoisotopic (exact) mass is 327 g/mol. The summed E-state index contributed by atoms with van der Waals surface area (Å²) in [5.41, 5.74) is 4.60. The Morgan fingerprint density at radius 3 is 2.71 bits per heavy atom. The van der Waals surface area contributed by atoms with Crippen LogP contribution in [-0.2, 0) is 24.2 Å². The van der Waals surface area contributed by atoms with Gasteiger partial charge in [-0.25, -0.2) is 0 Å². The SMILES string of the molecule is C[C@H](O)c1ccn(CC(=O)N[C@H](C)c2ccc3c(c2)CCCC3)n1. The van der Waals surface area contributed by atoms with Crippen LogP contribution in [-0.4, -0.2) is 20.8 Å². The van der Waals surface area contributed by atoms with Crippen molar-refractivity contribution in [3.8, 4) is 0 Å². The van der Waals surface area contributed by atoms with Crippen molar-refractivity contribution in [2.45, 2.75) is 58.2 Å². The largest absolute Gasteiger partial charge is 0.387 e. The highest BCUT2D eigenvalue weighted by molar-refractivity contribution is 5.76. The lowest BCUT2D eigenvalue weighted by molar-refractivity contribution is -0.122. The van der Waals surface area contributed by atoms with Crippen LogP contribution in [0.25, 0.3) is 0 Å². The van der Waals surface area contributed by atoms with Crippen LogP contribution >= 0.6 is 0 Å². The predicted octanol–water partition coefficient (Wildman–Crippen LogP) is 2.69. The fraction of sp³-hybridized carbons (Fsp3) is 0.474. The van der Waals surface area contributed by atoms with Crippen LogP contribution in [0.5, 0.6) is 0 Å². The highest BCUT2D eigenvalue weighted by atomic mass is 16.3. The lowest BCUT2D eigenvalue weighted by atomic mass is 9.89. The summed E-state index contributed by atoms with van der Waals surface area (Å²) in [4.78, 5) is 12.2. The van der Waals surface area contributed by atoms with Crippen LogP contribution in [0.3, 0.4) is 0 Å². The number of aryl methyl sites for hydroxylation is 2. The van der Waals surface area contributed by atoms with Crippen LogP contribution in [0.15, 0.2) is 30.5 Å². The first-order valence-corrected chi connectivity index (χ1v) is 8.65. The number of hydrogen-bond donors (Lipinski definition) is 2. The standard InChI is InChI=1S/C19H25N3O2/c1-13(16-8-7-15-5-3-4-6-17(15)11-16)20-19(24)12-22-10-9-18(21-22)14(2)23/h7-11,13-14,23H,3-6,12H2,1-2H3,(H,20,24)/t13-,14+/m1/s1. The van der Waals surface area contributed by atoms with E-state index in [-0.39, 0.29) is 18.5 Å². The predicted molar refractivity (Wildman–Crippen MR) is 92.5 cm³/mol. The number of hydrogen-bond acceptors (Lipinski definition) is 3. The number of amides is 1. The molecule has 5 heteroatoms. The minimum absolute atomic E-state index is 0.0310. The van der Waals surface area contributed by atoms with Gasteiger partial charge in [-0.1, -0.05) is 18.2 Å². The molecular formula is C19H25N3O2. The molecule has 1 heterocycles. The Morgan fingerprint density at radius 1 is 1.25 bits per heavy atom. The molecule has 1 aliphatic carbocycles. The van der Waals surface area contributed by atoms with E-state index in [1.807, 2.05) is 6.92 Å². The number of carbonyl (C=O) groups is 1. The second-order valence-electron chi connectivity index (χ2n) is 6.64. The van der Waals surface area contributed by atoms with Gasteiger partial charge in [0.1, 0.15) is 6.54 Å². The van der Waals surface area contributed by atoms with Gasteiger partial charge in [0, 0.05) is 6.20 Å². The molecule has 0 aliphatic heterocycles. The minimum Gasteiger partial charge on any atom is -0.387 e. The molecule has 0 fully saturated rings. The summed E-state index contributed by atoms with van der Waals surface area (Å²) in [6.07, 6.45) is 5.92. The zero-order valence-electron chi connectivity index (χ0n) is 14.3. The Labute approximate surface area is 142 Å². The van der Waals surface area contributed by atoms with Gasteiger partial charge in [0.25, 0.3) is 0 Å². The smallest absolute Gasteiger partial charge is 0.242 e. The number of aliphatic hydroxyl groups excluding tert-OH is 1. The lowest BCUT2D eigenvalue weighted by Crippen LogP contribution is -2.30. The van der Waals surface area contributed by atoms with E-state index in [0.717, 1.165) is 12.0 Å². The Kier molecular flexibility index (Phi) is 5.00. The van der Waals surface area contributed by atoms with E-state index in [4.69, 9.17) is 0 Å². The first-order chi connectivity index (χ1) is 11.5. The lowest BCUT2D eigenvalue weighted by Gasteiger charge is -2.20. The normalized spacial score (nSPS) is 16.3. The molecule has 1 amide bonds. The van der Waals surface area contributed by atoms with Crippen molar-refractivity contribution >= 4 is 5.91 Å². The average Bonchev–Trinajstić information content (AvgIpc) is 3.03. The van der Waals surface area contributed by atoms with Crippen LogP contribution in [0.1, 0.15) is 61.2 Å². The van der Waals surface area contributed by atoms with Crippen LogP contribution in [0, 0.1) is 0 Å². The Hall–Kier alpha value is -2.14. The number of benzene rings is 1. The molecule has 0 bridgehead atoms. The molecule has 0 unspecified atom stereocenters. The van der Waals surface area contributed by atoms with Crippen LogP contribution in [0.4, 0.5) is 0 Å². The van der Waals surface area contributed by atoms with Gasteiger partial charge in [-0.2, -0.15) is 5.10 Å². The van der Waals surface area contributed by atoms with Gasteiger partial charge in [0.05, 0.1) is 17.8 Å². The molecule has 128 valence electrons. The third-order valence-electron chi connectivity index (χ3n) is 4.64. The molecule has 1 aliphatic rings. The number of aromatic nitrogens is 2. The van der Waals surface area contributed by atoms with Crippen molar-refractivity contribution in [3.63, 3.8) is 0 Å². The Balaban J connectivity index is 1.61. The molecule has 2 atom stereocenters. The molecule has 0 spiro atoms. The number of nitrogens with zero attached hydrogens (tertiary/aromatic N) is 2. The molecule has 3 rings (SSSR count). The van der Waals surface area contributed by atoms with Crippen LogP contribution in [0.2, 0.25) is 0 Å². The summed E-state index contributed by atoms with van der Waals surface area (Å²) in [6.45, 7) is 3.82. The quantitative estimate of drug-likeness (QED) is 0.887. The Bertz CT molecular complexity index is 721. The molecule has 0 radical (unpaired) electrons. The summed E-state index contributed by atoms with van der Waals surface area (Å²) in [5.74, 6) is -0.0829. The van der Waals surface area contributed by atoms with Gasteiger partial charge >= 0.3 is 0 Å². The maximum absolute atomic E-state index is 12.2. The topological polar surface area (TPSA) is 67.2 Å². The summed E-state index contributed by atoms with van der Waals surface area (Å²) < 4.78 is 1.55. The number of nitrogens with one attached hydrogen (secondary N) is 1. The highest BCUT2D eigenvalue weighted by Gasteiger charge is 2.15. The zero-order valence-corrected chi connectivity index (χ0v) is 14.3. The van der Waals surface area contributed by atoms with E-state index in [2.05, 4.69) is 28.6 Å². The maximum atomic E-state index is 12.2. The minimum atomic E-state index is -0.622. The van der Waals surface area contributed by atoms with E-state index in [1.54, 1.807) is 23.9 Å².